The predicted molar refractivity (Wildman–Crippen MR) is 110 cm³/mol. The number of aliphatic hydroxyl groups excluding tert-OH is 1. The first-order chi connectivity index (χ1) is 14.6. The van der Waals surface area contributed by atoms with Crippen molar-refractivity contribution in [2.45, 2.75) is 51.5 Å². The maximum atomic E-state index is 9.07. The standard InChI is InChI=1S/C21H25N7O2/c1-2-18(14-3-4-14)27-12-16(10-24-27)21-19-5-7-22-28(19)13-17(25-21)15-9-23-26(11-15)8-6-20(29)30/h5,7,9-14,18,20,29-30H,2-4,6,8H2,1H3/t18-/m1/s1. The molecule has 2 N–H and O–H groups in total. The summed E-state index contributed by atoms with van der Waals surface area (Å²) in [5.74, 6) is 0.736. The van der Waals surface area contributed by atoms with Crippen LogP contribution in [0.25, 0.3) is 28.0 Å². The summed E-state index contributed by atoms with van der Waals surface area (Å²) in [7, 11) is 0. The summed E-state index contributed by atoms with van der Waals surface area (Å²) in [6, 6.07) is 2.40. The zero-order valence-electron chi connectivity index (χ0n) is 16.8. The van der Waals surface area contributed by atoms with E-state index in [4.69, 9.17) is 15.2 Å². The van der Waals surface area contributed by atoms with E-state index in [1.165, 1.54) is 12.8 Å². The highest BCUT2D eigenvalue weighted by Gasteiger charge is 2.31. The van der Waals surface area contributed by atoms with Crippen LogP contribution in [-0.4, -0.2) is 50.7 Å². The van der Waals surface area contributed by atoms with E-state index in [0.717, 1.165) is 40.4 Å². The average molecular weight is 407 g/mol. The molecule has 0 radical (unpaired) electrons. The molecule has 1 aliphatic rings. The molecule has 0 bridgehead atoms. The van der Waals surface area contributed by atoms with Crippen LogP contribution >= 0.6 is 0 Å². The lowest BCUT2D eigenvalue weighted by atomic mass is 10.1. The van der Waals surface area contributed by atoms with E-state index < -0.39 is 6.29 Å². The van der Waals surface area contributed by atoms with Gasteiger partial charge in [-0.25, -0.2) is 9.50 Å². The van der Waals surface area contributed by atoms with Crippen LogP contribution in [0, 0.1) is 5.92 Å². The smallest absolute Gasteiger partial charge is 0.153 e. The number of fused-ring (bicyclic) bond motifs is 1. The van der Waals surface area contributed by atoms with Crippen LogP contribution in [0.5, 0.6) is 0 Å². The van der Waals surface area contributed by atoms with Gasteiger partial charge in [0, 0.05) is 36.5 Å². The molecule has 9 nitrogen and oxygen atoms in total. The number of aryl methyl sites for hydroxylation is 1. The molecule has 30 heavy (non-hydrogen) atoms. The van der Waals surface area contributed by atoms with Crippen LogP contribution in [0.1, 0.15) is 38.6 Å². The molecule has 4 aromatic heterocycles. The Bertz CT molecular complexity index is 1160. The van der Waals surface area contributed by atoms with Gasteiger partial charge in [0.2, 0.25) is 0 Å². The van der Waals surface area contributed by atoms with Gasteiger partial charge in [0.15, 0.2) is 6.29 Å². The molecule has 4 heterocycles. The topological polar surface area (TPSA) is 106 Å². The molecule has 0 amide bonds. The van der Waals surface area contributed by atoms with Gasteiger partial charge in [-0.15, -0.1) is 0 Å². The predicted octanol–water partition coefficient (Wildman–Crippen LogP) is 2.52. The lowest BCUT2D eigenvalue weighted by molar-refractivity contribution is -0.0482. The number of rotatable bonds is 8. The van der Waals surface area contributed by atoms with Crippen LogP contribution in [0.2, 0.25) is 0 Å². The average Bonchev–Trinajstić information content (AvgIpc) is 3.15. The highest BCUT2D eigenvalue weighted by Crippen LogP contribution is 2.41. The molecule has 0 spiro atoms. The number of aliphatic hydroxyl groups is 2. The summed E-state index contributed by atoms with van der Waals surface area (Å²) in [5, 5.41) is 31.5. The minimum Gasteiger partial charge on any atom is -0.368 e. The largest absolute Gasteiger partial charge is 0.368 e. The molecule has 1 fully saturated rings. The van der Waals surface area contributed by atoms with E-state index in [9.17, 15) is 0 Å². The lowest BCUT2D eigenvalue weighted by Crippen LogP contribution is -2.10. The van der Waals surface area contributed by atoms with Gasteiger partial charge in [-0.05, 0) is 31.2 Å². The van der Waals surface area contributed by atoms with Crippen LogP contribution in [-0.2, 0) is 6.54 Å². The van der Waals surface area contributed by atoms with E-state index >= 15 is 0 Å². The number of hydrogen-bond acceptors (Lipinski definition) is 6. The Morgan fingerprint density at radius 3 is 2.67 bits per heavy atom. The Kier molecular flexibility index (Phi) is 4.84. The minimum atomic E-state index is -1.35. The Labute approximate surface area is 173 Å². The van der Waals surface area contributed by atoms with Crippen LogP contribution in [0.15, 0.2) is 43.2 Å². The monoisotopic (exact) mass is 407 g/mol. The van der Waals surface area contributed by atoms with Gasteiger partial charge in [0.25, 0.3) is 0 Å². The van der Waals surface area contributed by atoms with Gasteiger partial charge >= 0.3 is 0 Å². The van der Waals surface area contributed by atoms with Crippen molar-refractivity contribution in [3.05, 3.63) is 43.2 Å². The molecular formula is C21H25N7O2. The SMILES string of the molecule is CC[C@H](C1CC1)n1cc(-c2nc(-c3cnn(CCC(O)O)c3)cn3nccc23)cn1. The van der Waals surface area contributed by atoms with E-state index in [1.54, 1.807) is 17.1 Å². The van der Waals surface area contributed by atoms with Crippen molar-refractivity contribution in [2.75, 3.05) is 0 Å². The van der Waals surface area contributed by atoms with Crippen molar-refractivity contribution in [2.24, 2.45) is 5.92 Å². The molecule has 0 aromatic carbocycles. The van der Waals surface area contributed by atoms with Gasteiger partial charge in [0.1, 0.15) is 0 Å². The normalized spacial score (nSPS) is 15.3. The molecule has 0 saturated heterocycles. The summed E-state index contributed by atoms with van der Waals surface area (Å²) in [6.07, 6.45) is 13.7. The fourth-order valence-corrected chi connectivity index (χ4v) is 4.00. The van der Waals surface area contributed by atoms with Gasteiger partial charge in [-0.2, -0.15) is 15.3 Å². The number of nitrogens with zero attached hydrogens (tertiary/aromatic N) is 7. The summed E-state index contributed by atoms with van der Waals surface area (Å²) in [6.45, 7) is 2.63. The molecule has 0 unspecified atom stereocenters. The fourth-order valence-electron chi connectivity index (χ4n) is 4.00. The van der Waals surface area contributed by atoms with E-state index in [0.29, 0.717) is 12.6 Å². The highest BCUT2D eigenvalue weighted by molar-refractivity contribution is 5.78. The van der Waals surface area contributed by atoms with Crippen molar-refractivity contribution >= 4 is 5.52 Å². The van der Waals surface area contributed by atoms with E-state index in [-0.39, 0.29) is 6.42 Å². The lowest BCUT2D eigenvalue weighted by Gasteiger charge is -2.14. The van der Waals surface area contributed by atoms with E-state index in [2.05, 4.69) is 33.1 Å². The molecular weight excluding hydrogens is 382 g/mol. The van der Waals surface area contributed by atoms with Crippen LogP contribution in [0.3, 0.4) is 0 Å². The maximum absolute atomic E-state index is 9.07. The van der Waals surface area contributed by atoms with Crippen molar-refractivity contribution in [3.63, 3.8) is 0 Å². The molecule has 1 aliphatic carbocycles. The van der Waals surface area contributed by atoms with Crippen LogP contribution < -0.4 is 0 Å². The van der Waals surface area contributed by atoms with E-state index in [1.807, 2.05) is 29.2 Å². The van der Waals surface area contributed by atoms with Gasteiger partial charge in [-0.3, -0.25) is 9.36 Å². The Hall–Kier alpha value is -3.04. The third kappa shape index (κ3) is 3.61. The zero-order chi connectivity index (χ0) is 20.7. The molecule has 156 valence electrons. The third-order valence-electron chi connectivity index (χ3n) is 5.73. The van der Waals surface area contributed by atoms with Crippen molar-refractivity contribution in [1.82, 2.24) is 34.2 Å². The summed E-state index contributed by atoms with van der Waals surface area (Å²) in [5.41, 5.74) is 4.32. The summed E-state index contributed by atoms with van der Waals surface area (Å²) >= 11 is 0. The first-order valence-corrected chi connectivity index (χ1v) is 10.4. The minimum absolute atomic E-state index is 0.219. The first kappa shape index (κ1) is 19.0. The fraction of sp³-hybridized carbons (Fsp3) is 0.429. The quantitative estimate of drug-likeness (QED) is 0.435. The van der Waals surface area contributed by atoms with Gasteiger partial charge in [0.05, 0.1) is 47.7 Å². The van der Waals surface area contributed by atoms with Crippen molar-refractivity contribution in [1.29, 1.82) is 0 Å². The molecule has 9 heteroatoms. The molecule has 4 aromatic rings. The Morgan fingerprint density at radius 2 is 1.90 bits per heavy atom. The van der Waals surface area contributed by atoms with Crippen molar-refractivity contribution in [3.8, 4) is 22.5 Å². The zero-order valence-corrected chi connectivity index (χ0v) is 16.8. The number of aromatic nitrogens is 7. The molecule has 0 aliphatic heterocycles. The first-order valence-electron chi connectivity index (χ1n) is 10.4. The molecule has 1 saturated carbocycles. The molecule has 5 rings (SSSR count). The second kappa shape index (κ2) is 7.66. The summed E-state index contributed by atoms with van der Waals surface area (Å²) < 4.78 is 5.59. The number of hydrogen-bond donors (Lipinski definition) is 2. The maximum Gasteiger partial charge on any atom is 0.153 e. The second-order valence-electron chi connectivity index (χ2n) is 7.92. The molecule has 1 atom stereocenters. The van der Waals surface area contributed by atoms with Crippen LogP contribution in [0.4, 0.5) is 0 Å². The Balaban J connectivity index is 1.50. The van der Waals surface area contributed by atoms with Gasteiger partial charge in [-0.1, -0.05) is 6.92 Å². The summed E-state index contributed by atoms with van der Waals surface area (Å²) in [4.78, 5) is 4.91. The van der Waals surface area contributed by atoms with Gasteiger partial charge < -0.3 is 10.2 Å². The third-order valence-corrected chi connectivity index (χ3v) is 5.73. The highest BCUT2D eigenvalue weighted by atomic mass is 16.5. The van der Waals surface area contributed by atoms with Crippen molar-refractivity contribution < 1.29 is 10.2 Å². The Morgan fingerprint density at radius 1 is 1.07 bits per heavy atom. The second-order valence-corrected chi connectivity index (χ2v) is 7.92.